The van der Waals surface area contributed by atoms with Crippen LogP contribution in [0.5, 0.6) is 0 Å². The number of likely N-dealkylation sites (tertiary alicyclic amines) is 2. The summed E-state index contributed by atoms with van der Waals surface area (Å²) in [5.41, 5.74) is 7.50. The molecule has 0 aliphatic carbocycles. The van der Waals surface area contributed by atoms with E-state index in [0.717, 1.165) is 81.4 Å². The van der Waals surface area contributed by atoms with E-state index in [0.29, 0.717) is 38.7 Å². The molecular formula is C39H47F3N10O3. The molecule has 16 heteroatoms. The summed E-state index contributed by atoms with van der Waals surface area (Å²) in [6, 6.07) is 11.6. The number of hydrogen-bond donors (Lipinski definition) is 2. The first-order chi connectivity index (χ1) is 26.7. The van der Waals surface area contributed by atoms with E-state index in [1.165, 1.54) is 41.6 Å². The van der Waals surface area contributed by atoms with Crippen molar-refractivity contribution in [1.82, 2.24) is 44.1 Å². The molecule has 0 spiro atoms. The number of anilines is 1. The highest BCUT2D eigenvalue weighted by molar-refractivity contribution is 5.77. The van der Waals surface area contributed by atoms with Gasteiger partial charge in [0.05, 0.1) is 56.5 Å². The van der Waals surface area contributed by atoms with E-state index in [2.05, 4.69) is 34.4 Å². The third-order valence-corrected chi connectivity index (χ3v) is 10.6. The number of ether oxygens (including phenoxy) is 2. The van der Waals surface area contributed by atoms with Crippen molar-refractivity contribution >= 4 is 5.95 Å². The molecule has 2 aliphatic rings. The number of rotatable bonds is 16. The fourth-order valence-corrected chi connectivity index (χ4v) is 7.75. The first kappa shape index (κ1) is 38.5. The third kappa shape index (κ3) is 9.74. The lowest BCUT2D eigenvalue weighted by atomic mass is 9.80. The van der Waals surface area contributed by atoms with Gasteiger partial charge in [0.1, 0.15) is 35.7 Å². The number of piperidine rings is 2. The Hall–Kier alpha value is -4.74. The number of aliphatic hydroxyl groups is 1. The van der Waals surface area contributed by atoms with E-state index in [9.17, 15) is 18.3 Å². The molecule has 55 heavy (non-hydrogen) atoms. The molecule has 1 unspecified atom stereocenters. The highest BCUT2D eigenvalue weighted by Crippen LogP contribution is 2.37. The quantitative estimate of drug-likeness (QED) is 0.132. The van der Waals surface area contributed by atoms with Crippen molar-refractivity contribution in [2.45, 2.75) is 50.3 Å². The van der Waals surface area contributed by atoms with Crippen LogP contribution in [0.1, 0.15) is 43.7 Å². The number of nitrogen functional groups attached to an aromatic ring is 1. The van der Waals surface area contributed by atoms with Crippen molar-refractivity contribution in [1.29, 1.82) is 0 Å². The summed E-state index contributed by atoms with van der Waals surface area (Å²) < 4.78 is 57.7. The minimum Gasteiger partial charge on any atom is -0.383 e. The van der Waals surface area contributed by atoms with Gasteiger partial charge in [0.15, 0.2) is 0 Å². The molecule has 292 valence electrons. The van der Waals surface area contributed by atoms with Crippen LogP contribution >= 0.6 is 0 Å². The molecule has 2 aromatic carbocycles. The van der Waals surface area contributed by atoms with Gasteiger partial charge in [-0.05, 0) is 74.4 Å². The zero-order valence-corrected chi connectivity index (χ0v) is 30.7. The number of nitrogens with zero attached hydrogens (tertiary/aromatic N) is 9. The maximum Gasteiger partial charge on any atom is 0.220 e. The van der Waals surface area contributed by atoms with E-state index >= 15 is 0 Å². The van der Waals surface area contributed by atoms with Crippen LogP contribution in [0.2, 0.25) is 0 Å². The van der Waals surface area contributed by atoms with E-state index in [1.807, 2.05) is 12.4 Å². The maximum absolute atomic E-state index is 14.8. The average molecular weight is 761 g/mol. The number of benzene rings is 2. The molecule has 2 aliphatic heterocycles. The standard InChI is InChI=1S/C39H47F3N10O3/c40-30-3-1-29(2-4-30)36-37(35-7-12-45-38(43)48-35)52(26-46-36)32-10-15-49(16-11-32)17-18-54-19-20-55-27-50-13-8-28(9-14-50)22-39(53,23-51-25-44-24-47-51)33-6-5-31(41)21-34(33)42/h1-7,12,21,24-26,28,32,53H,8-11,13-20,22-23,27H2,(H2,43,45,48). The first-order valence-electron chi connectivity index (χ1n) is 18.8. The highest BCUT2D eigenvalue weighted by Gasteiger charge is 2.37. The van der Waals surface area contributed by atoms with Gasteiger partial charge in [0.25, 0.3) is 0 Å². The topological polar surface area (TPSA) is 146 Å². The second-order valence-corrected chi connectivity index (χ2v) is 14.4. The zero-order chi connectivity index (χ0) is 38.2. The molecular weight excluding hydrogens is 713 g/mol. The van der Waals surface area contributed by atoms with Crippen molar-refractivity contribution in [3.63, 3.8) is 0 Å². The molecule has 0 saturated carbocycles. The van der Waals surface area contributed by atoms with Gasteiger partial charge in [0.2, 0.25) is 5.95 Å². The highest BCUT2D eigenvalue weighted by atomic mass is 19.1. The predicted molar refractivity (Wildman–Crippen MR) is 199 cm³/mol. The minimum absolute atomic E-state index is 0.0193. The van der Waals surface area contributed by atoms with Crippen LogP contribution < -0.4 is 5.73 Å². The molecule has 3 aromatic heterocycles. The normalized spacial score (nSPS) is 17.5. The fraction of sp³-hybridized carbons (Fsp3) is 0.462. The Labute approximate surface area is 317 Å². The largest absolute Gasteiger partial charge is 0.383 e. The number of hydrogen-bond acceptors (Lipinski definition) is 11. The summed E-state index contributed by atoms with van der Waals surface area (Å²) >= 11 is 0. The molecule has 0 radical (unpaired) electrons. The summed E-state index contributed by atoms with van der Waals surface area (Å²) in [4.78, 5) is 21.8. The second-order valence-electron chi connectivity index (χ2n) is 14.4. The van der Waals surface area contributed by atoms with Crippen LogP contribution in [0.3, 0.4) is 0 Å². The number of imidazole rings is 1. The van der Waals surface area contributed by atoms with Crippen LogP contribution in [0, 0.1) is 23.4 Å². The number of halogens is 3. The van der Waals surface area contributed by atoms with Crippen LogP contribution in [0.4, 0.5) is 19.1 Å². The van der Waals surface area contributed by atoms with Crippen LogP contribution in [0.15, 0.2) is 73.7 Å². The van der Waals surface area contributed by atoms with E-state index in [-0.39, 0.29) is 35.8 Å². The van der Waals surface area contributed by atoms with E-state index in [1.54, 1.807) is 18.3 Å². The van der Waals surface area contributed by atoms with Gasteiger partial charge >= 0.3 is 0 Å². The molecule has 0 bridgehead atoms. The predicted octanol–water partition coefficient (Wildman–Crippen LogP) is 4.92. The van der Waals surface area contributed by atoms with E-state index in [4.69, 9.17) is 20.2 Å². The van der Waals surface area contributed by atoms with Crippen LogP contribution in [0.25, 0.3) is 22.6 Å². The molecule has 1 atom stereocenters. The molecule has 13 nitrogen and oxygen atoms in total. The van der Waals surface area contributed by atoms with Crippen molar-refractivity contribution in [2.75, 3.05) is 65.0 Å². The first-order valence-corrected chi connectivity index (χ1v) is 18.8. The van der Waals surface area contributed by atoms with Crippen LogP contribution in [-0.2, 0) is 21.6 Å². The molecule has 7 rings (SSSR count). The summed E-state index contributed by atoms with van der Waals surface area (Å²) in [7, 11) is 0. The number of nitrogens with two attached hydrogens (primary N) is 1. The van der Waals surface area contributed by atoms with Gasteiger partial charge in [-0.3, -0.25) is 4.90 Å². The van der Waals surface area contributed by atoms with Crippen molar-refractivity contribution in [2.24, 2.45) is 5.92 Å². The molecule has 5 aromatic rings. The summed E-state index contributed by atoms with van der Waals surface area (Å²) in [5, 5.41) is 15.8. The lowest BCUT2D eigenvalue weighted by Gasteiger charge is -2.37. The Morgan fingerprint density at radius 1 is 0.836 bits per heavy atom. The second kappa shape index (κ2) is 17.8. The van der Waals surface area contributed by atoms with Gasteiger partial charge < -0.3 is 29.8 Å². The van der Waals surface area contributed by atoms with Gasteiger partial charge in [-0.1, -0.05) is 6.07 Å². The Balaban J connectivity index is 0.810. The van der Waals surface area contributed by atoms with Gasteiger partial charge in [-0.25, -0.2) is 37.8 Å². The summed E-state index contributed by atoms with van der Waals surface area (Å²) in [6.07, 6.45) is 10.1. The van der Waals surface area contributed by atoms with E-state index < -0.39 is 17.2 Å². The lowest BCUT2D eigenvalue weighted by molar-refractivity contribution is -0.0397. The van der Waals surface area contributed by atoms with Crippen molar-refractivity contribution < 1.29 is 27.8 Å². The summed E-state index contributed by atoms with van der Waals surface area (Å²) in [5.74, 6) is -1.44. The van der Waals surface area contributed by atoms with Crippen LogP contribution in [-0.4, -0.2) is 108 Å². The number of aromatic nitrogens is 7. The van der Waals surface area contributed by atoms with Gasteiger partial charge in [-0.2, -0.15) is 5.10 Å². The maximum atomic E-state index is 14.8. The van der Waals surface area contributed by atoms with Gasteiger partial charge in [0, 0.05) is 62.2 Å². The Morgan fingerprint density at radius 2 is 1.58 bits per heavy atom. The smallest absolute Gasteiger partial charge is 0.220 e. The Morgan fingerprint density at radius 3 is 2.31 bits per heavy atom. The Kier molecular flexibility index (Phi) is 12.5. The fourth-order valence-electron chi connectivity index (χ4n) is 7.75. The monoisotopic (exact) mass is 760 g/mol. The third-order valence-electron chi connectivity index (χ3n) is 10.6. The SMILES string of the molecule is Nc1nccc(-c2c(-c3ccc(F)cc3)ncn2C2CCN(CCOCCOCN3CCC(CC(O)(Cn4cncn4)c4ccc(F)cc4F)CC3)CC2)n1. The zero-order valence-electron chi connectivity index (χ0n) is 30.7. The molecule has 2 fully saturated rings. The van der Waals surface area contributed by atoms with Crippen molar-refractivity contribution in [3.05, 3.63) is 96.7 Å². The molecule has 5 heterocycles. The average Bonchev–Trinajstić information content (AvgIpc) is 3.86. The Bertz CT molecular complexity index is 1970. The molecule has 2 saturated heterocycles. The lowest BCUT2D eigenvalue weighted by Crippen LogP contribution is -2.40. The van der Waals surface area contributed by atoms with Gasteiger partial charge in [-0.15, -0.1) is 0 Å². The summed E-state index contributed by atoms with van der Waals surface area (Å²) in [6.45, 7) is 6.31. The van der Waals surface area contributed by atoms with Crippen molar-refractivity contribution in [3.8, 4) is 22.6 Å². The molecule has 0 amide bonds. The minimum atomic E-state index is -1.56. The molecule has 3 N–H and O–H groups in total.